The average molecular weight is 329 g/mol. The fourth-order valence-electron chi connectivity index (χ4n) is 2.51. The molecule has 5 nitrogen and oxygen atoms in total. The second kappa shape index (κ2) is 6.31. The van der Waals surface area contributed by atoms with E-state index in [0.717, 1.165) is 6.20 Å². The highest BCUT2D eigenvalue weighted by atomic mass is 19.4. The number of para-hydroxylation sites is 1. The Bertz CT molecular complexity index is 723. The molecule has 0 amide bonds. The van der Waals surface area contributed by atoms with Crippen LogP contribution in [-0.4, -0.2) is 34.8 Å². The third-order valence-corrected chi connectivity index (χ3v) is 3.45. The number of carboxylic acid groups (broad SMARTS) is 1. The molecule has 0 radical (unpaired) electrons. The number of aromatic amines is 1. The summed E-state index contributed by atoms with van der Waals surface area (Å²) in [6, 6.07) is 6.16. The van der Waals surface area contributed by atoms with Gasteiger partial charge in [-0.1, -0.05) is 18.2 Å². The molecule has 2 rings (SSSR count). The highest BCUT2D eigenvalue weighted by Crippen LogP contribution is 2.43. The van der Waals surface area contributed by atoms with Crippen molar-refractivity contribution in [3.05, 3.63) is 36.0 Å². The average Bonchev–Trinajstić information content (AvgIpc) is 2.86. The number of ether oxygens (including phenoxy) is 1. The molecule has 1 aromatic heterocycles. The third-order valence-electron chi connectivity index (χ3n) is 3.45. The second-order valence-corrected chi connectivity index (χ2v) is 4.88. The van der Waals surface area contributed by atoms with Crippen LogP contribution in [0.25, 0.3) is 10.9 Å². The summed E-state index contributed by atoms with van der Waals surface area (Å²) < 4.78 is 45.1. The fourth-order valence-corrected chi connectivity index (χ4v) is 2.51. The van der Waals surface area contributed by atoms with Crippen molar-refractivity contribution in [2.75, 3.05) is 6.61 Å². The molecule has 1 heterocycles. The summed E-state index contributed by atoms with van der Waals surface area (Å²) in [5, 5.41) is 9.38. The molecular weight excluding hydrogens is 315 g/mol. The standard InChI is InChI=1S/C15H14F3NO4/c1-2-23-14(22)11(13(20)21)12(15(16,17)18)9-7-19-10-6-4-3-5-8(9)10/h3-7,11-12,19H,2H2,1H3,(H,20,21)/t11?,12-/m0/s1. The highest BCUT2D eigenvalue weighted by Gasteiger charge is 2.53. The number of fused-ring (bicyclic) bond motifs is 1. The Morgan fingerprint density at radius 1 is 1.30 bits per heavy atom. The van der Waals surface area contributed by atoms with Gasteiger partial charge in [0.1, 0.15) is 5.92 Å². The van der Waals surface area contributed by atoms with Gasteiger partial charge in [0, 0.05) is 17.1 Å². The van der Waals surface area contributed by atoms with Crippen LogP contribution in [0, 0.1) is 5.92 Å². The third kappa shape index (κ3) is 3.30. The van der Waals surface area contributed by atoms with Crippen molar-refractivity contribution in [1.82, 2.24) is 4.98 Å². The SMILES string of the molecule is CCOC(=O)C(C(=O)O)[C@H](c1c[nH]c2ccccc12)C(F)(F)F. The van der Waals surface area contributed by atoms with E-state index in [1.54, 1.807) is 12.1 Å². The number of hydrogen-bond donors (Lipinski definition) is 2. The molecule has 0 aliphatic carbocycles. The van der Waals surface area contributed by atoms with Gasteiger partial charge >= 0.3 is 18.1 Å². The van der Waals surface area contributed by atoms with E-state index in [2.05, 4.69) is 9.72 Å². The quantitative estimate of drug-likeness (QED) is 0.653. The molecule has 0 saturated heterocycles. The van der Waals surface area contributed by atoms with Gasteiger partial charge in [0.25, 0.3) is 0 Å². The molecule has 124 valence electrons. The lowest BCUT2D eigenvalue weighted by Gasteiger charge is -2.24. The summed E-state index contributed by atoms with van der Waals surface area (Å²) in [6.07, 6.45) is -3.85. The van der Waals surface area contributed by atoms with Gasteiger partial charge in [-0.3, -0.25) is 9.59 Å². The summed E-state index contributed by atoms with van der Waals surface area (Å²) in [7, 11) is 0. The first-order valence-corrected chi connectivity index (χ1v) is 6.79. The van der Waals surface area contributed by atoms with Crippen LogP contribution in [-0.2, 0) is 14.3 Å². The van der Waals surface area contributed by atoms with Gasteiger partial charge in [0.15, 0.2) is 5.92 Å². The zero-order chi connectivity index (χ0) is 17.2. The van der Waals surface area contributed by atoms with Crippen molar-refractivity contribution >= 4 is 22.8 Å². The van der Waals surface area contributed by atoms with Crippen molar-refractivity contribution < 1.29 is 32.6 Å². The number of carboxylic acids is 1. The lowest BCUT2D eigenvalue weighted by Crippen LogP contribution is -2.39. The maximum absolute atomic E-state index is 13.5. The number of H-pyrrole nitrogens is 1. The zero-order valence-corrected chi connectivity index (χ0v) is 12.1. The largest absolute Gasteiger partial charge is 0.481 e. The Hall–Kier alpha value is -2.51. The fraction of sp³-hybridized carbons (Fsp3) is 0.333. The van der Waals surface area contributed by atoms with Crippen LogP contribution in [0.15, 0.2) is 30.5 Å². The molecule has 0 aliphatic rings. The van der Waals surface area contributed by atoms with E-state index < -0.39 is 30.0 Å². The number of carbonyl (C=O) groups is 2. The molecule has 0 bridgehead atoms. The van der Waals surface area contributed by atoms with Gasteiger partial charge in [-0.15, -0.1) is 0 Å². The number of nitrogens with one attached hydrogen (secondary N) is 1. The van der Waals surface area contributed by atoms with E-state index in [4.69, 9.17) is 5.11 Å². The van der Waals surface area contributed by atoms with Crippen LogP contribution < -0.4 is 0 Å². The Morgan fingerprint density at radius 2 is 1.96 bits per heavy atom. The van der Waals surface area contributed by atoms with Gasteiger partial charge in [0.05, 0.1) is 6.61 Å². The van der Waals surface area contributed by atoms with E-state index in [0.29, 0.717) is 5.52 Å². The predicted molar refractivity (Wildman–Crippen MR) is 74.9 cm³/mol. The van der Waals surface area contributed by atoms with Crippen LogP contribution in [0.1, 0.15) is 18.4 Å². The van der Waals surface area contributed by atoms with Gasteiger partial charge in [-0.25, -0.2) is 0 Å². The number of carbonyl (C=O) groups excluding carboxylic acids is 1. The Morgan fingerprint density at radius 3 is 2.52 bits per heavy atom. The molecule has 2 aromatic rings. The minimum absolute atomic E-state index is 0.207. The van der Waals surface area contributed by atoms with Crippen LogP contribution in [0.3, 0.4) is 0 Å². The van der Waals surface area contributed by atoms with E-state index >= 15 is 0 Å². The number of hydrogen-bond acceptors (Lipinski definition) is 3. The minimum Gasteiger partial charge on any atom is -0.481 e. The second-order valence-electron chi connectivity index (χ2n) is 4.88. The molecule has 0 spiro atoms. The van der Waals surface area contributed by atoms with E-state index in [-0.39, 0.29) is 17.6 Å². The summed E-state index contributed by atoms with van der Waals surface area (Å²) in [5.74, 6) is -8.16. The van der Waals surface area contributed by atoms with Crippen LogP contribution >= 0.6 is 0 Å². The molecule has 23 heavy (non-hydrogen) atoms. The summed E-state index contributed by atoms with van der Waals surface area (Å²) >= 11 is 0. The minimum atomic E-state index is -4.93. The lowest BCUT2D eigenvalue weighted by molar-refractivity contribution is -0.186. The smallest absolute Gasteiger partial charge is 0.397 e. The van der Waals surface area contributed by atoms with Gasteiger partial charge < -0.3 is 14.8 Å². The number of esters is 1. The zero-order valence-electron chi connectivity index (χ0n) is 12.1. The predicted octanol–water partition coefficient (Wildman–Crippen LogP) is 3.08. The first kappa shape index (κ1) is 16.9. The van der Waals surface area contributed by atoms with Crippen molar-refractivity contribution in [3.63, 3.8) is 0 Å². The number of alkyl halides is 3. The molecular formula is C15H14F3NO4. The van der Waals surface area contributed by atoms with Crippen LogP contribution in [0.4, 0.5) is 13.2 Å². The van der Waals surface area contributed by atoms with E-state index in [1.165, 1.54) is 19.1 Å². The number of rotatable bonds is 5. The maximum Gasteiger partial charge on any atom is 0.397 e. The molecule has 1 aromatic carbocycles. The number of aliphatic carboxylic acids is 1. The molecule has 2 atom stereocenters. The van der Waals surface area contributed by atoms with Crippen LogP contribution in [0.5, 0.6) is 0 Å². The molecule has 0 fully saturated rings. The lowest BCUT2D eigenvalue weighted by atomic mass is 9.85. The summed E-state index contributed by atoms with van der Waals surface area (Å²) in [4.78, 5) is 25.8. The first-order valence-electron chi connectivity index (χ1n) is 6.79. The molecule has 8 heteroatoms. The van der Waals surface area contributed by atoms with Crippen molar-refractivity contribution in [3.8, 4) is 0 Å². The van der Waals surface area contributed by atoms with Crippen LogP contribution in [0.2, 0.25) is 0 Å². The molecule has 0 aliphatic heterocycles. The molecule has 1 unspecified atom stereocenters. The van der Waals surface area contributed by atoms with Gasteiger partial charge in [-0.2, -0.15) is 13.2 Å². The summed E-state index contributed by atoms with van der Waals surface area (Å²) in [6.45, 7) is 1.19. The Kier molecular flexibility index (Phi) is 4.63. The molecule has 0 saturated carbocycles. The van der Waals surface area contributed by atoms with Gasteiger partial charge in [-0.05, 0) is 18.6 Å². The highest BCUT2D eigenvalue weighted by molar-refractivity contribution is 5.96. The number of halogens is 3. The first-order chi connectivity index (χ1) is 10.8. The van der Waals surface area contributed by atoms with E-state index in [1.807, 2.05) is 0 Å². The monoisotopic (exact) mass is 329 g/mol. The normalized spacial score (nSPS) is 14.4. The van der Waals surface area contributed by atoms with E-state index in [9.17, 15) is 22.8 Å². The molecule has 2 N–H and O–H groups in total. The Balaban J connectivity index is 2.61. The van der Waals surface area contributed by atoms with Gasteiger partial charge in [0.2, 0.25) is 0 Å². The van der Waals surface area contributed by atoms with Crippen molar-refractivity contribution in [2.45, 2.75) is 19.0 Å². The topological polar surface area (TPSA) is 79.4 Å². The maximum atomic E-state index is 13.5. The number of aromatic nitrogens is 1. The van der Waals surface area contributed by atoms with Crippen molar-refractivity contribution in [1.29, 1.82) is 0 Å². The number of benzene rings is 1. The summed E-state index contributed by atoms with van der Waals surface area (Å²) in [5.41, 5.74) is 0.123. The Labute approximate surface area is 129 Å². The van der Waals surface area contributed by atoms with Crippen molar-refractivity contribution in [2.24, 2.45) is 5.92 Å².